The number of carbonyl (C=O) groups excluding carboxylic acids is 2. The molecule has 0 radical (unpaired) electrons. The molecule has 0 bridgehead atoms. The van der Waals surface area contributed by atoms with Crippen molar-refractivity contribution in [1.29, 1.82) is 0 Å². The van der Waals surface area contributed by atoms with E-state index in [4.69, 9.17) is 0 Å². The van der Waals surface area contributed by atoms with Gasteiger partial charge in [-0.05, 0) is 38.3 Å². The highest BCUT2D eigenvalue weighted by Crippen LogP contribution is 2.18. The van der Waals surface area contributed by atoms with Crippen molar-refractivity contribution in [1.82, 2.24) is 0 Å². The quantitative estimate of drug-likeness (QED) is 0.574. The fraction of sp³-hybridized carbons (Fsp3) is 0.467. The second-order valence-corrected chi connectivity index (χ2v) is 4.66. The molecular weight excluding hydrogens is 212 g/mol. The SMILES string of the molecule is CCCC(=O)CC(=O)c1c(C)cc(C)cc1C. The lowest BCUT2D eigenvalue weighted by molar-refractivity contribution is -0.118. The molecule has 17 heavy (non-hydrogen) atoms. The first-order valence-corrected chi connectivity index (χ1v) is 6.08. The minimum absolute atomic E-state index is 0.0388. The van der Waals surface area contributed by atoms with Gasteiger partial charge in [0.05, 0.1) is 6.42 Å². The van der Waals surface area contributed by atoms with Gasteiger partial charge in [-0.2, -0.15) is 0 Å². The first-order chi connectivity index (χ1) is 7.95. The van der Waals surface area contributed by atoms with Crippen molar-refractivity contribution in [2.24, 2.45) is 0 Å². The molecule has 0 saturated heterocycles. The maximum atomic E-state index is 12.1. The van der Waals surface area contributed by atoms with Crippen LogP contribution in [0.25, 0.3) is 0 Å². The van der Waals surface area contributed by atoms with Gasteiger partial charge in [-0.3, -0.25) is 9.59 Å². The van der Waals surface area contributed by atoms with Crippen LogP contribution in [0.3, 0.4) is 0 Å². The summed E-state index contributed by atoms with van der Waals surface area (Å²) in [6.45, 7) is 7.82. The normalized spacial score (nSPS) is 10.4. The molecule has 92 valence electrons. The van der Waals surface area contributed by atoms with Crippen molar-refractivity contribution in [2.45, 2.75) is 47.0 Å². The van der Waals surface area contributed by atoms with Crippen LogP contribution in [-0.2, 0) is 4.79 Å². The van der Waals surface area contributed by atoms with Gasteiger partial charge >= 0.3 is 0 Å². The van der Waals surface area contributed by atoms with E-state index in [1.165, 1.54) is 0 Å². The van der Waals surface area contributed by atoms with Crippen LogP contribution < -0.4 is 0 Å². The first kappa shape index (κ1) is 13.6. The molecule has 0 aliphatic heterocycles. The summed E-state index contributed by atoms with van der Waals surface area (Å²) >= 11 is 0. The highest BCUT2D eigenvalue weighted by Gasteiger charge is 2.15. The largest absolute Gasteiger partial charge is 0.299 e. The number of Topliss-reactive ketones (excluding diaryl/α,β-unsaturated/α-hetero) is 2. The van der Waals surface area contributed by atoms with Crippen molar-refractivity contribution in [2.75, 3.05) is 0 Å². The van der Waals surface area contributed by atoms with E-state index in [2.05, 4.69) is 0 Å². The summed E-state index contributed by atoms with van der Waals surface area (Å²) in [7, 11) is 0. The Balaban J connectivity index is 2.93. The number of benzene rings is 1. The van der Waals surface area contributed by atoms with Gasteiger partial charge in [0, 0.05) is 12.0 Å². The first-order valence-electron chi connectivity index (χ1n) is 6.08. The molecule has 0 N–H and O–H groups in total. The lowest BCUT2D eigenvalue weighted by Gasteiger charge is -2.09. The highest BCUT2D eigenvalue weighted by molar-refractivity contribution is 6.09. The van der Waals surface area contributed by atoms with Crippen LogP contribution >= 0.6 is 0 Å². The van der Waals surface area contributed by atoms with Gasteiger partial charge in [-0.15, -0.1) is 0 Å². The molecule has 0 aromatic heterocycles. The standard InChI is InChI=1S/C15H20O2/c1-5-6-13(16)9-14(17)15-11(3)7-10(2)8-12(15)4/h7-8H,5-6,9H2,1-4H3. The maximum absolute atomic E-state index is 12.1. The van der Waals surface area contributed by atoms with E-state index in [0.29, 0.717) is 6.42 Å². The second kappa shape index (κ2) is 5.76. The molecule has 2 heteroatoms. The van der Waals surface area contributed by atoms with Crippen LogP contribution in [0.1, 0.15) is 53.2 Å². The molecule has 0 atom stereocenters. The third-order valence-electron chi connectivity index (χ3n) is 2.84. The number of rotatable bonds is 5. The van der Waals surface area contributed by atoms with Crippen LogP contribution in [0.5, 0.6) is 0 Å². The fourth-order valence-electron chi connectivity index (χ4n) is 2.25. The van der Waals surface area contributed by atoms with Gasteiger partial charge < -0.3 is 0 Å². The zero-order valence-electron chi connectivity index (χ0n) is 11.1. The van der Waals surface area contributed by atoms with E-state index >= 15 is 0 Å². The topological polar surface area (TPSA) is 34.1 Å². The molecule has 0 saturated carbocycles. The Hall–Kier alpha value is -1.44. The molecule has 0 amide bonds. The molecule has 0 heterocycles. The van der Waals surface area contributed by atoms with E-state index in [1.807, 2.05) is 39.8 Å². The van der Waals surface area contributed by atoms with Crippen LogP contribution in [0, 0.1) is 20.8 Å². The highest BCUT2D eigenvalue weighted by atomic mass is 16.1. The summed E-state index contributed by atoms with van der Waals surface area (Å²) in [6, 6.07) is 3.98. The summed E-state index contributed by atoms with van der Waals surface area (Å²) in [4.78, 5) is 23.6. The average Bonchev–Trinajstić information content (AvgIpc) is 2.15. The number of ketones is 2. The molecule has 0 spiro atoms. The number of carbonyl (C=O) groups is 2. The summed E-state index contributed by atoms with van der Waals surface area (Å²) in [5.74, 6) is -0.00433. The zero-order chi connectivity index (χ0) is 13.0. The number of aryl methyl sites for hydroxylation is 3. The predicted molar refractivity (Wildman–Crippen MR) is 69.5 cm³/mol. The van der Waals surface area contributed by atoms with Gasteiger partial charge in [0.1, 0.15) is 5.78 Å². The smallest absolute Gasteiger partial charge is 0.170 e. The van der Waals surface area contributed by atoms with Gasteiger partial charge in [0.15, 0.2) is 5.78 Å². The van der Waals surface area contributed by atoms with Crippen LogP contribution in [0.15, 0.2) is 12.1 Å². The molecular formula is C15H20O2. The average molecular weight is 232 g/mol. The Bertz CT molecular complexity index is 421. The second-order valence-electron chi connectivity index (χ2n) is 4.66. The predicted octanol–water partition coefficient (Wildman–Crippen LogP) is 3.55. The molecule has 1 rings (SSSR count). The molecule has 0 aliphatic rings. The van der Waals surface area contributed by atoms with Crippen LogP contribution in [0.4, 0.5) is 0 Å². The summed E-state index contributed by atoms with van der Waals surface area (Å²) < 4.78 is 0. The Morgan fingerprint density at radius 2 is 1.59 bits per heavy atom. The molecule has 1 aromatic carbocycles. The van der Waals surface area contributed by atoms with Crippen molar-refractivity contribution >= 4 is 11.6 Å². The van der Waals surface area contributed by atoms with E-state index in [-0.39, 0.29) is 18.0 Å². The summed E-state index contributed by atoms with van der Waals surface area (Å²) in [5.41, 5.74) is 3.81. The van der Waals surface area contributed by atoms with E-state index < -0.39 is 0 Å². The lowest BCUT2D eigenvalue weighted by atomic mass is 9.94. The third kappa shape index (κ3) is 3.52. The Kier molecular flexibility index (Phi) is 4.62. The molecule has 2 nitrogen and oxygen atoms in total. The van der Waals surface area contributed by atoms with Crippen molar-refractivity contribution in [3.63, 3.8) is 0 Å². The summed E-state index contributed by atoms with van der Waals surface area (Å²) in [5, 5.41) is 0. The zero-order valence-corrected chi connectivity index (χ0v) is 11.1. The molecule has 0 fully saturated rings. The number of hydrogen-bond donors (Lipinski definition) is 0. The minimum atomic E-state index is -0.0431. The van der Waals surface area contributed by atoms with Gasteiger partial charge in [-0.1, -0.05) is 24.6 Å². The van der Waals surface area contributed by atoms with Crippen molar-refractivity contribution in [3.05, 3.63) is 34.4 Å². The van der Waals surface area contributed by atoms with Crippen LogP contribution in [0.2, 0.25) is 0 Å². The summed E-state index contributed by atoms with van der Waals surface area (Å²) in [6.07, 6.45) is 1.34. The van der Waals surface area contributed by atoms with Crippen molar-refractivity contribution in [3.8, 4) is 0 Å². The maximum Gasteiger partial charge on any atom is 0.170 e. The fourth-order valence-corrected chi connectivity index (χ4v) is 2.25. The Labute approximate surface area is 103 Å². The van der Waals surface area contributed by atoms with E-state index in [1.54, 1.807) is 0 Å². The van der Waals surface area contributed by atoms with E-state index in [9.17, 15) is 9.59 Å². The van der Waals surface area contributed by atoms with Gasteiger partial charge in [0.2, 0.25) is 0 Å². The monoisotopic (exact) mass is 232 g/mol. The Morgan fingerprint density at radius 3 is 2.06 bits per heavy atom. The van der Waals surface area contributed by atoms with Gasteiger partial charge in [0.25, 0.3) is 0 Å². The number of hydrogen-bond acceptors (Lipinski definition) is 2. The van der Waals surface area contributed by atoms with E-state index in [0.717, 1.165) is 28.7 Å². The minimum Gasteiger partial charge on any atom is -0.299 e. The molecule has 1 aromatic rings. The molecule has 0 unspecified atom stereocenters. The van der Waals surface area contributed by atoms with Crippen molar-refractivity contribution < 1.29 is 9.59 Å². The Morgan fingerprint density at radius 1 is 1.06 bits per heavy atom. The third-order valence-corrected chi connectivity index (χ3v) is 2.84. The lowest BCUT2D eigenvalue weighted by Crippen LogP contribution is -2.11. The molecule has 0 aliphatic carbocycles. The van der Waals surface area contributed by atoms with Crippen LogP contribution in [-0.4, -0.2) is 11.6 Å². The van der Waals surface area contributed by atoms with Gasteiger partial charge in [-0.25, -0.2) is 0 Å².